The van der Waals surface area contributed by atoms with Crippen molar-refractivity contribution in [3.05, 3.63) is 69.8 Å². The van der Waals surface area contributed by atoms with Crippen LogP contribution in [0.4, 0.5) is 11.4 Å². The van der Waals surface area contributed by atoms with Crippen molar-refractivity contribution in [3.63, 3.8) is 0 Å². The van der Waals surface area contributed by atoms with Crippen LogP contribution in [-0.4, -0.2) is 10.8 Å². The van der Waals surface area contributed by atoms with E-state index in [1.807, 2.05) is 19.1 Å². The number of hydrogen-bond donors (Lipinski definition) is 1. The minimum absolute atomic E-state index is 0.00566. The molecule has 2 rings (SSSR count). The second kappa shape index (κ2) is 5.30. The molecular formula is C14H12N2O3. The topological polar surface area (TPSA) is 72.2 Å². The van der Waals surface area contributed by atoms with E-state index < -0.39 is 4.92 Å². The Labute approximate surface area is 110 Å². The van der Waals surface area contributed by atoms with Crippen LogP contribution in [0.3, 0.4) is 0 Å². The van der Waals surface area contributed by atoms with Crippen molar-refractivity contribution in [2.24, 2.45) is 0 Å². The normalized spacial score (nSPS) is 9.95. The van der Waals surface area contributed by atoms with Crippen molar-refractivity contribution in [2.45, 2.75) is 6.92 Å². The predicted molar refractivity (Wildman–Crippen MR) is 72.2 cm³/mol. The second-order valence-corrected chi connectivity index (χ2v) is 4.07. The Morgan fingerprint density at radius 3 is 2.32 bits per heavy atom. The molecule has 0 aromatic heterocycles. The number of benzene rings is 2. The number of non-ortho nitro benzene ring substituents is 1. The first kappa shape index (κ1) is 12.8. The van der Waals surface area contributed by atoms with Gasteiger partial charge in [-0.3, -0.25) is 14.9 Å². The molecule has 2 aromatic rings. The van der Waals surface area contributed by atoms with Crippen LogP contribution in [-0.2, 0) is 0 Å². The highest BCUT2D eigenvalue weighted by atomic mass is 16.6. The summed E-state index contributed by atoms with van der Waals surface area (Å²) in [6, 6.07) is 13.0. The predicted octanol–water partition coefficient (Wildman–Crippen LogP) is 3.16. The van der Waals surface area contributed by atoms with Gasteiger partial charge in [-0.15, -0.1) is 0 Å². The Kier molecular flexibility index (Phi) is 3.56. The summed E-state index contributed by atoms with van der Waals surface area (Å²) >= 11 is 0. The van der Waals surface area contributed by atoms with Crippen molar-refractivity contribution in [3.8, 4) is 0 Å². The molecule has 0 aliphatic rings. The highest BCUT2D eigenvalue weighted by Gasteiger charge is 2.09. The number of carbonyl (C=O) groups is 1. The Morgan fingerprint density at radius 2 is 1.74 bits per heavy atom. The van der Waals surface area contributed by atoms with Crippen LogP contribution < -0.4 is 5.32 Å². The van der Waals surface area contributed by atoms with Crippen LogP contribution in [0.1, 0.15) is 15.9 Å². The zero-order chi connectivity index (χ0) is 13.8. The summed E-state index contributed by atoms with van der Waals surface area (Å²) in [5.41, 5.74) is 1.98. The maximum atomic E-state index is 12.0. The van der Waals surface area contributed by atoms with Crippen LogP contribution in [0.5, 0.6) is 0 Å². The fourth-order valence-electron chi connectivity index (χ4n) is 1.69. The number of nitro benzene ring substituents is 1. The maximum absolute atomic E-state index is 12.0. The number of anilines is 1. The quantitative estimate of drug-likeness (QED) is 0.677. The van der Waals surface area contributed by atoms with Gasteiger partial charge in [0.25, 0.3) is 11.6 Å². The third-order valence-electron chi connectivity index (χ3n) is 2.73. The lowest BCUT2D eigenvalue weighted by molar-refractivity contribution is -0.384. The Bertz CT molecular complexity index is 621. The lowest BCUT2D eigenvalue weighted by Crippen LogP contribution is -2.13. The molecule has 0 radical (unpaired) electrons. The molecule has 2 aromatic carbocycles. The van der Waals surface area contributed by atoms with Gasteiger partial charge in [-0.2, -0.15) is 0 Å². The number of hydrogen-bond acceptors (Lipinski definition) is 3. The second-order valence-electron chi connectivity index (χ2n) is 4.07. The summed E-state index contributed by atoms with van der Waals surface area (Å²) < 4.78 is 0. The summed E-state index contributed by atoms with van der Waals surface area (Å²) in [6.45, 7) is 1.85. The smallest absolute Gasteiger partial charge is 0.269 e. The van der Waals surface area contributed by atoms with E-state index in [4.69, 9.17) is 0 Å². The summed E-state index contributed by atoms with van der Waals surface area (Å²) in [6.07, 6.45) is 0. The average Bonchev–Trinajstić information content (AvgIpc) is 2.39. The molecule has 0 atom stereocenters. The number of nitrogens with zero attached hydrogens (tertiary/aromatic N) is 1. The molecule has 0 saturated carbocycles. The first-order chi connectivity index (χ1) is 9.08. The largest absolute Gasteiger partial charge is 0.322 e. The van der Waals surface area contributed by atoms with Gasteiger partial charge in [0, 0.05) is 23.4 Å². The average molecular weight is 256 g/mol. The first-order valence-corrected chi connectivity index (χ1v) is 5.69. The maximum Gasteiger partial charge on any atom is 0.269 e. The Balaban J connectivity index is 2.15. The van der Waals surface area contributed by atoms with Gasteiger partial charge in [-0.05, 0) is 30.7 Å². The van der Waals surface area contributed by atoms with Crippen LogP contribution in [0.15, 0.2) is 48.5 Å². The van der Waals surface area contributed by atoms with Crippen LogP contribution in [0, 0.1) is 17.0 Å². The Hall–Kier alpha value is -2.69. The van der Waals surface area contributed by atoms with Gasteiger partial charge in [0.1, 0.15) is 0 Å². The van der Waals surface area contributed by atoms with E-state index in [1.54, 1.807) is 12.1 Å². The highest BCUT2D eigenvalue weighted by molar-refractivity contribution is 6.05. The minimum atomic E-state index is -0.479. The molecule has 5 heteroatoms. The first-order valence-electron chi connectivity index (χ1n) is 5.69. The third-order valence-corrected chi connectivity index (χ3v) is 2.73. The summed E-state index contributed by atoms with van der Waals surface area (Å²) in [7, 11) is 0. The summed E-state index contributed by atoms with van der Waals surface area (Å²) in [5, 5.41) is 13.2. The van der Waals surface area contributed by atoms with E-state index in [-0.39, 0.29) is 11.6 Å². The van der Waals surface area contributed by atoms with E-state index in [2.05, 4.69) is 5.32 Å². The van der Waals surface area contributed by atoms with Crippen LogP contribution in [0.2, 0.25) is 0 Å². The molecule has 96 valence electrons. The summed E-state index contributed by atoms with van der Waals surface area (Å²) in [4.78, 5) is 22.0. The van der Waals surface area contributed by atoms with E-state index in [1.165, 1.54) is 24.3 Å². The van der Waals surface area contributed by atoms with Crippen molar-refractivity contribution >= 4 is 17.3 Å². The number of amides is 1. The van der Waals surface area contributed by atoms with Crippen molar-refractivity contribution in [2.75, 3.05) is 5.32 Å². The van der Waals surface area contributed by atoms with Crippen molar-refractivity contribution in [1.29, 1.82) is 0 Å². The molecule has 0 aliphatic heterocycles. The van der Waals surface area contributed by atoms with Crippen molar-refractivity contribution < 1.29 is 9.72 Å². The zero-order valence-electron chi connectivity index (χ0n) is 10.3. The molecule has 0 spiro atoms. The molecule has 19 heavy (non-hydrogen) atoms. The van der Waals surface area contributed by atoms with E-state index >= 15 is 0 Å². The molecule has 0 bridgehead atoms. The van der Waals surface area contributed by atoms with Gasteiger partial charge in [-0.1, -0.05) is 18.2 Å². The standard InChI is InChI=1S/C14H12N2O3/c1-10-4-2-3-5-13(10)14(17)15-11-6-8-12(9-7-11)16(18)19/h2-9H,1H3,(H,15,17). The monoisotopic (exact) mass is 256 g/mol. The lowest BCUT2D eigenvalue weighted by atomic mass is 10.1. The van der Waals surface area contributed by atoms with E-state index in [0.717, 1.165) is 5.56 Å². The van der Waals surface area contributed by atoms with Crippen LogP contribution >= 0.6 is 0 Å². The third kappa shape index (κ3) is 2.95. The number of aryl methyl sites for hydroxylation is 1. The van der Waals surface area contributed by atoms with Gasteiger partial charge >= 0.3 is 0 Å². The molecule has 0 fully saturated rings. The lowest BCUT2D eigenvalue weighted by Gasteiger charge is -2.07. The molecule has 0 heterocycles. The van der Waals surface area contributed by atoms with Gasteiger partial charge in [-0.25, -0.2) is 0 Å². The number of nitro groups is 1. The minimum Gasteiger partial charge on any atom is -0.322 e. The summed E-state index contributed by atoms with van der Waals surface area (Å²) in [5.74, 6) is -0.230. The highest BCUT2D eigenvalue weighted by Crippen LogP contribution is 2.17. The molecule has 1 N–H and O–H groups in total. The van der Waals surface area contributed by atoms with Gasteiger partial charge in [0.2, 0.25) is 0 Å². The van der Waals surface area contributed by atoms with Gasteiger partial charge < -0.3 is 5.32 Å². The Morgan fingerprint density at radius 1 is 1.11 bits per heavy atom. The molecule has 1 amide bonds. The number of carbonyl (C=O) groups excluding carboxylic acids is 1. The van der Waals surface area contributed by atoms with E-state index in [0.29, 0.717) is 11.3 Å². The molecular weight excluding hydrogens is 244 g/mol. The van der Waals surface area contributed by atoms with Crippen LogP contribution in [0.25, 0.3) is 0 Å². The van der Waals surface area contributed by atoms with E-state index in [9.17, 15) is 14.9 Å². The fourth-order valence-corrected chi connectivity index (χ4v) is 1.69. The fraction of sp³-hybridized carbons (Fsp3) is 0.0714. The van der Waals surface area contributed by atoms with Crippen molar-refractivity contribution in [1.82, 2.24) is 0 Å². The van der Waals surface area contributed by atoms with Gasteiger partial charge in [0.15, 0.2) is 0 Å². The molecule has 5 nitrogen and oxygen atoms in total. The number of rotatable bonds is 3. The number of nitrogens with one attached hydrogen (secondary N) is 1. The molecule has 0 aliphatic carbocycles. The van der Waals surface area contributed by atoms with Gasteiger partial charge in [0.05, 0.1) is 4.92 Å². The zero-order valence-corrected chi connectivity index (χ0v) is 10.3. The molecule has 0 unspecified atom stereocenters. The molecule has 0 saturated heterocycles. The SMILES string of the molecule is Cc1ccccc1C(=O)Nc1ccc([N+](=O)[O-])cc1.